The maximum absolute atomic E-state index is 12.4. The molecule has 1 aromatic rings. The molecule has 142 valence electrons. The first-order valence-corrected chi connectivity index (χ1v) is 7.93. The van der Waals surface area contributed by atoms with Gasteiger partial charge in [0.05, 0.1) is 0 Å². The zero-order valence-electron chi connectivity index (χ0n) is 16.2. The summed E-state index contributed by atoms with van der Waals surface area (Å²) in [4.78, 5) is 27.0. The molecule has 0 aliphatic carbocycles. The van der Waals surface area contributed by atoms with Gasteiger partial charge in [-0.1, -0.05) is 13.3 Å². The van der Waals surface area contributed by atoms with Crippen molar-refractivity contribution in [3.63, 3.8) is 0 Å². The molecule has 4 nitrogen and oxygen atoms in total. The summed E-state index contributed by atoms with van der Waals surface area (Å²) in [7, 11) is 0. The van der Waals surface area contributed by atoms with E-state index in [1.165, 1.54) is 13.3 Å². The molecule has 1 aromatic heterocycles. The summed E-state index contributed by atoms with van der Waals surface area (Å²) < 4.78 is 42.2. The monoisotopic (exact) mass is 367 g/mol. The number of ether oxygens (including phenoxy) is 1. The van der Waals surface area contributed by atoms with E-state index in [0.29, 0.717) is 6.07 Å². The maximum atomic E-state index is 12.4. The second-order valence-corrected chi connectivity index (χ2v) is 6.40. The molecule has 1 atom stereocenters. The van der Waals surface area contributed by atoms with Crippen LogP contribution < -0.4 is 18.9 Å². The summed E-state index contributed by atoms with van der Waals surface area (Å²) in [5, 5.41) is 0. The average molecular weight is 367 g/mol. The van der Waals surface area contributed by atoms with Gasteiger partial charge in [0.1, 0.15) is 17.2 Å². The molecule has 0 saturated carbocycles. The number of rotatable bonds is 4. The minimum Gasteiger partial charge on any atom is -0.459 e. The number of aromatic nitrogens is 1. The Labute approximate surface area is 165 Å². The molecular weight excluding hydrogens is 342 g/mol. The van der Waals surface area contributed by atoms with E-state index in [0.717, 1.165) is 18.7 Å². The first-order valence-electron chi connectivity index (χ1n) is 7.93. The molecule has 1 rings (SSSR count). The topological polar surface area (TPSA) is 56.3 Å². The molecule has 8 heteroatoms. The third-order valence-electron chi connectivity index (χ3n) is 2.85. The van der Waals surface area contributed by atoms with Crippen molar-refractivity contribution in [1.29, 1.82) is 0 Å². The Morgan fingerprint density at radius 3 is 2.04 bits per heavy atom. The van der Waals surface area contributed by atoms with Crippen LogP contribution in [0.5, 0.6) is 0 Å². The third-order valence-corrected chi connectivity index (χ3v) is 2.85. The minimum absolute atomic E-state index is 0. The molecule has 0 bridgehead atoms. The first kappa shape index (κ1) is 26.9. The zero-order chi connectivity index (χ0) is 19.8. The number of hydrogen-bond acceptors (Lipinski definition) is 4. The van der Waals surface area contributed by atoms with Gasteiger partial charge in [0.25, 0.3) is 0 Å². The molecule has 0 aliphatic heterocycles. The predicted octanol–water partition coefficient (Wildman–Crippen LogP) is 1.89. The SMILES string of the molecule is CC(C(=O)OC(C)(C)C)C(=O)c1ccc(C(F)(F)F)nc1.[CH2-]CCC.[Li+]. The van der Waals surface area contributed by atoms with Crippen LogP contribution in [0.25, 0.3) is 0 Å². The van der Waals surface area contributed by atoms with Crippen LogP contribution in [-0.4, -0.2) is 22.3 Å². The fourth-order valence-corrected chi connectivity index (χ4v) is 1.45. The Bertz CT molecular complexity index is 565. The van der Waals surface area contributed by atoms with Crippen molar-refractivity contribution >= 4 is 11.8 Å². The van der Waals surface area contributed by atoms with Crippen LogP contribution in [0.4, 0.5) is 13.2 Å². The van der Waals surface area contributed by atoms with E-state index in [1.54, 1.807) is 20.8 Å². The van der Waals surface area contributed by atoms with Crippen LogP contribution in [0.2, 0.25) is 0 Å². The summed E-state index contributed by atoms with van der Waals surface area (Å²) in [5.74, 6) is -2.47. The van der Waals surface area contributed by atoms with Crippen LogP contribution in [0, 0.1) is 12.8 Å². The quantitative estimate of drug-likeness (QED) is 0.268. The van der Waals surface area contributed by atoms with Crippen molar-refractivity contribution in [3.05, 3.63) is 36.5 Å². The normalized spacial score (nSPS) is 12.2. The smallest absolute Gasteiger partial charge is 0.459 e. The van der Waals surface area contributed by atoms with Gasteiger partial charge in [0, 0.05) is 11.8 Å². The number of hydrogen-bond donors (Lipinski definition) is 0. The number of halogens is 3. The third kappa shape index (κ3) is 9.98. The number of ketones is 1. The van der Waals surface area contributed by atoms with Crippen molar-refractivity contribution in [2.75, 3.05) is 0 Å². The van der Waals surface area contributed by atoms with E-state index in [1.807, 2.05) is 0 Å². The van der Waals surface area contributed by atoms with Gasteiger partial charge in [-0.3, -0.25) is 14.6 Å². The van der Waals surface area contributed by atoms with Crippen molar-refractivity contribution < 1.29 is 46.4 Å². The number of nitrogens with zero attached hydrogens (tertiary/aromatic N) is 1. The van der Waals surface area contributed by atoms with Gasteiger partial charge in [-0.25, -0.2) is 0 Å². The number of pyridine rings is 1. The second-order valence-electron chi connectivity index (χ2n) is 6.40. The molecule has 1 unspecified atom stereocenters. The fraction of sp³-hybridized carbons (Fsp3) is 0.556. The number of unbranched alkanes of at least 4 members (excludes halogenated alkanes) is 1. The minimum atomic E-state index is -4.57. The number of alkyl halides is 3. The van der Waals surface area contributed by atoms with Crippen LogP contribution in [-0.2, 0) is 15.7 Å². The van der Waals surface area contributed by atoms with Crippen LogP contribution in [0.3, 0.4) is 0 Å². The van der Waals surface area contributed by atoms with Crippen LogP contribution in [0.1, 0.15) is 63.5 Å². The van der Waals surface area contributed by atoms with Gasteiger partial charge in [-0.2, -0.15) is 19.6 Å². The van der Waals surface area contributed by atoms with Crippen LogP contribution >= 0.6 is 0 Å². The van der Waals surface area contributed by atoms with Gasteiger partial charge >= 0.3 is 31.0 Å². The Hall–Kier alpha value is -1.32. The molecule has 0 fully saturated rings. The van der Waals surface area contributed by atoms with E-state index in [-0.39, 0.29) is 24.4 Å². The fourth-order valence-electron chi connectivity index (χ4n) is 1.45. The Morgan fingerprint density at radius 1 is 1.23 bits per heavy atom. The molecule has 0 amide bonds. The summed E-state index contributed by atoms with van der Waals surface area (Å²) >= 11 is 0. The Kier molecular flexibility index (Phi) is 11.8. The number of Topliss-reactive ketones (excluding diaryl/α,β-unsaturated/α-hetero) is 1. The molecule has 0 aromatic carbocycles. The summed E-state index contributed by atoms with van der Waals surface area (Å²) in [5.41, 5.74) is -1.91. The van der Waals surface area contributed by atoms with E-state index >= 15 is 0 Å². The number of carbonyl (C=O) groups is 2. The van der Waals surface area contributed by atoms with Crippen LogP contribution in [0.15, 0.2) is 18.3 Å². The van der Waals surface area contributed by atoms with E-state index in [4.69, 9.17) is 4.74 Å². The molecule has 0 aliphatic rings. The van der Waals surface area contributed by atoms with Gasteiger partial charge in [0.15, 0.2) is 5.78 Å². The van der Waals surface area contributed by atoms with Gasteiger partial charge in [0.2, 0.25) is 0 Å². The zero-order valence-corrected chi connectivity index (χ0v) is 16.2. The number of esters is 1. The molecule has 26 heavy (non-hydrogen) atoms. The Balaban J connectivity index is 0. The van der Waals surface area contributed by atoms with Gasteiger partial charge < -0.3 is 11.7 Å². The first-order chi connectivity index (χ1) is 11.3. The summed E-state index contributed by atoms with van der Waals surface area (Å²) in [6, 6.07) is 1.70. The summed E-state index contributed by atoms with van der Waals surface area (Å²) in [6.45, 7) is 12.0. The maximum Gasteiger partial charge on any atom is 1.00 e. The second kappa shape index (κ2) is 11.4. The number of carbonyl (C=O) groups excluding carboxylic acids is 2. The van der Waals surface area contributed by atoms with Crippen molar-refractivity contribution in [1.82, 2.24) is 4.98 Å². The molecule has 0 spiro atoms. The summed E-state index contributed by atoms with van der Waals surface area (Å²) in [6.07, 6.45) is -1.48. The molecule has 0 saturated heterocycles. The Morgan fingerprint density at radius 2 is 1.73 bits per heavy atom. The van der Waals surface area contributed by atoms with E-state index < -0.39 is 35.1 Å². The van der Waals surface area contributed by atoms with Gasteiger partial charge in [-0.05, 0) is 39.8 Å². The van der Waals surface area contributed by atoms with Crippen molar-refractivity contribution in [3.8, 4) is 0 Å². The standard InChI is InChI=1S/C14H16F3NO3.C4H9.Li/c1-8(12(20)21-13(2,3)4)11(19)9-5-6-10(18-7-9)14(15,16)17;1-3-4-2;/h5-8H,1-4H3;1,3-4H2,2H3;/q;-1;+1. The largest absolute Gasteiger partial charge is 1.00 e. The van der Waals surface area contributed by atoms with Crippen molar-refractivity contribution in [2.45, 2.75) is 59.2 Å². The molecule has 0 N–H and O–H groups in total. The van der Waals surface area contributed by atoms with Crippen molar-refractivity contribution in [2.24, 2.45) is 5.92 Å². The van der Waals surface area contributed by atoms with Gasteiger partial charge in [-0.15, -0.1) is 0 Å². The van der Waals surface area contributed by atoms with E-state index in [2.05, 4.69) is 18.8 Å². The molecule has 0 radical (unpaired) electrons. The molecule has 1 heterocycles. The predicted molar refractivity (Wildman–Crippen MR) is 88.8 cm³/mol. The average Bonchev–Trinajstić information content (AvgIpc) is 2.51. The van der Waals surface area contributed by atoms with E-state index in [9.17, 15) is 22.8 Å². The molecular formula is C18H25F3LiNO3.